The van der Waals surface area contributed by atoms with Gasteiger partial charge in [0.2, 0.25) is 0 Å². The lowest BCUT2D eigenvalue weighted by atomic mass is 10.0. The highest BCUT2D eigenvalue weighted by Gasteiger charge is 2.18. The summed E-state index contributed by atoms with van der Waals surface area (Å²) < 4.78 is 1.33. The van der Waals surface area contributed by atoms with Gasteiger partial charge in [0.25, 0.3) is 5.56 Å². The summed E-state index contributed by atoms with van der Waals surface area (Å²) in [5.41, 5.74) is 2.21. The molecule has 4 nitrogen and oxygen atoms in total. The van der Waals surface area contributed by atoms with Gasteiger partial charge in [-0.25, -0.2) is 0 Å². The van der Waals surface area contributed by atoms with Crippen molar-refractivity contribution in [1.29, 1.82) is 0 Å². The maximum absolute atomic E-state index is 12.3. The Morgan fingerprint density at radius 3 is 2.67 bits per heavy atom. The lowest BCUT2D eigenvalue weighted by Crippen LogP contribution is -2.19. The third kappa shape index (κ3) is 2.01. The fourth-order valence-electron chi connectivity index (χ4n) is 2.03. The van der Waals surface area contributed by atoms with E-state index in [1.165, 1.54) is 4.68 Å². The van der Waals surface area contributed by atoms with Gasteiger partial charge < -0.3 is 0 Å². The molecule has 0 unspecified atom stereocenters. The summed E-state index contributed by atoms with van der Waals surface area (Å²) >= 11 is 0. The van der Waals surface area contributed by atoms with Crippen molar-refractivity contribution in [3.8, 4) is 0 Å². The summed E-state index contributed by atoms with van der Waals surface area (Å²) in [5.74, 6) is -0.218. The molecule has 1 aromatic carbocycles. The first kappa shape index (κ1) is 12.4. The number of rotatable bonds is 3. The number of hydrogen-bond acceptors (Lipinski definition) is 2. The Labute approximate surface area is 105 Å². The zero-order valence-corrected chi connectivity index (χ0v) is 10.8. The van der Waals surface area contributed by atoms with Gasteiger partial charge in [-0.15, -0.1) is 0 Å². The Kier molecular flexibility index (Phi) is 3.19. The van der Waals surface area contributed by atoms with Crippen LogP contribution >= 0.6 is 0 Å². The van der Waals surface area contributed by atoms with Crippen LogP contribution in [0.2, 0.25) is 0 Å². The SMILES string of the molecule is CCc1cccc(C(=O)c2c(C)[nH]n(C)c2=O)c1. The zero-order chi connectivity index (χ0) is 13.3. The summed E-state index contributed by atoms with van der Waals surface area (Å²) in [6, 6.07) is 7.40. The minimum atomic E-state index is -0.278. The monoisotopic (exact) mass is 244 g/mol. The van der Waals surface area contributed by atoms with Crippen LogP contribution in [0.5, 0.6) is 0 Å². The first-order valence-corrected chi connectivity index (χ1v) is 5.93. The van der Waals surface area contributed by atoms with E-state index < -0.39 is 0 Å². The molecule has 0 aliphatic rings. The number of carbonyl (C=O) groups is 1. The molecule has 94 valence electrons. The Morgan fingerprint density at radius 2 is 2.11 bits per heavy atom. The molecule has 2 rings (SSSR count). The van der Waals surface area contributed by atoms with Gasteiger partial charge in [-0.3, -0.25) is 19.4 Å². The van der Waals surface area contributed by atoms with Gasteiger partial charge in [0, 0.05) is 18.3 Å². The van der Waals surface area contributed by atoms with E-state index >= 15 is 0 Å². The van der Waals surface area contributed by atoms with Crippen molar-refractivity contribution in [1.82, 2.24) is 9.78 Å². The third-order valence-corrected chi connectivity index (χ3v) is 3.05. The number of nitrogens with one attached hydrogen (secondary N) is 1. The van der Waals surface area contributed by atoms with E-state index in [0.717, 1.165) is 12.0 Å². The number of aromatic amines is 1. The molecule has 1 aromatic heterocycles. The zero-order valence-electron chi connectivity index (χ0n) is 10.8. The fraction of sp³-hybridized carbons (Fsp3) is 0.286. The molecule has 0 fully saturated rings. The molecule has 1 N–H and O–H groups in total. The van der Waals surface area contributed by atoms with Crippen LogP contribution in [0.1, 0.15) is 34.1 Å². The van der Waals surface area contributed by atoms with Gasteiger partial charge in [-0.05, 0) is 25.0 Å². The van der Waals surface area contributed by atoms with Crippen LogP contribution in [0, 0.1) is 6.92 Å². The second-order valence-corrected chi connectivity index (χ2v) is 4.36. The summed E-state index contributed by atoms with van der Waals surface area (Å²) in [4.78, 5) is 24.2. The molecule has 18 heavy (non-hydrogen) atoms. The normalized spacial score (nSPS) is 10.6. The second-order valence-electron chi connectivity index (χ2n) is 4.36. The van der Waals surface area contributed by atoms with Crippen LogP contribution < -0.4 is 5.56 Å². The van der Waals surface area contributed by atoms with Gasteiger partial charge in [0.1, 0.15) is 5.56 Å². The molecule has 0 saturated heterocycles. The lowest BCUT2D eigenvalue weighted by Gasteiger charge is -2.01. The number of hydrogen-bond donors (Lipinski definition) is 1. The van der Waals surface area contributed by atoms with Gasteiger partial charge in [0.05, 0.1) is 0 Å². The Hall–Kier alpha value is -2.10. The quantitative estimate of drug-likeness (QED) is 0.837. The molecule has 0 bridgehead atoms. The van der Waals surface area contributed by atoms with Crippen molar-refractivity contribution in [2.75, 3.05) is 0 Å². The van der Waals surface area contributed by atoms with E-state index in [0.29, 0.717) is 11.3 Å². The van der Waals surface area contributed by atoms with Crippen molar-refractivity contribution in [3.05, 3.63) is 57.0 Å². The summed E-state index contributed by atoms with van der Waals surface area (Å²) in [7, 11) is 1.61. The first-order chi connectivity index (χ1) is 8.54. The maximum Gasteiger partial charge on any atom is 0.277 e. The first-order valence-electron chi connectivity index (χ1n) is 5.93. The van der Waals surface area contributed by atoms with Gasteiger partial charge in [-0.1, -0.05) is 25.1 Å². The van der Waals surface area contributed by atoms with Crippen LogP contribution in [0.3, 0.4) is 0 Å². The van der Waals surface area contributed by atoms with Crippen LogP contribution in [-0.2, 0) is 13.5 Å². The van der Waals surface area contributed by atoms with E-state index in [1.807, 2.05) is 25.1 Å². The Balaban J connectivity index is 2.51. The molecule has 4 heteroatoms. The molecule has 0 saturated carbocycles. The molecular formula is C14H16N2O2. The predicted molar refractivity (Wildman–Crippen MR) is 70.0 cm³/mol. The number of aryl methyl sites for hydroxylation is 3. The number of ketones is 1. The topological polar surface area (TPSA) is 54.9 Å². The Bertz CT molecular complexity index is 650. The molecule has 0 spiro atoms. The number of nitrogens with zero attached hydrogens (tertiary/aromatic N) is 1. The largest absolute Gasteiger partial charge is 0.299 e. The molecular weight excluding hydrogens is 228 g/mol. The van der Waals surface area contributed by atoms with Crippen molar-refractivity contribution in [2.45, 2.75) is 20.3 Å². The van der Waals surface area contributed by atoms with Gasteiger partial charge >= 0.3 is 0 Å². The molecule has 0 aliphatic carbocycles. The van der Waals surface area contributed by atoms with Crippen molar-refractivity contribution in [3.63, 3.8) is 0 Å². The van der Waals surface area contributed by atoms with Crippen LogP contribution in [-0.4, -0.2) is 15.6 Å². The fourth-order valence-corrected chi connectivity index (χ4v) is 2.03. The van der Waals surface area contributed by atoms with Crippen LogP contribution in [0.4, 0.5) is 0 Å². The number of benzene rings is 1. The highest BCUT2D eigenvalue weighted by atomic mass is 16.2. The van der Waals surface area contributed by atoms with E-state index in [-0.39, 0.29) is 16.9 Å². The standard InChI is InChI=1S/C14H16N2O2/c1-4-10-6-5-7-11(8-10)13(17)12-9(2)15-16(3)14(12)18/h5-8,15H,4H2,1-3H3. The lowest BCUT2D eigenvalue weighted by molar-refractivity contribution is 0.103. The third-order valence-electron chi connectivity index (χ3n) is 3.05. The van der Waals surface area contributed by atoms with E-state index in [4.69, 9.17) is 0 Å². The maximum atomic E-state index is 12.3. The minimum absolute atomic E-state index is 0.218. The molecule has 0 amide bonds. The van der Waals surface area contributed by atoms with Crippen molar-refractivity contribution < 1.29 is 4.79 Å². The van der Waals surface area contributed by atoms with E-state index in [2.05, 4.69) is 5.10 Å². The van der Waals surface area contributed by atoms with Gasteiger partial charge in [0.15, 0.2) is 5.78 Å². The molecule has 1 heterocycles. The number of H-pyrrole nitrogens is 1. The van der Waals surface area contributed by atoms with Crippen LogP contribution in [0.25, 0.3) is 0 Å². The highest BCUT2D eigenvalue weighted by molar-refractivity contribution is 6.09. The smallest absolute Gasteiger partial charge is 0.277 e. The number of carbonyl (C=O) groups excluding carboxylic acids is 1. The second kappa shape index (κ2) is 4.64. The predicted octanol–water partition coefficient (Wildman–Crippen LogP) is 1.82. The van der Waals surface area contributed by atoms with E-state index in [1.54, 1.807) is 20.0 Å². The van der Waals surface area contributed by atoms with Crippen LogP contribution in [0.15, 0.2) is 29.1 Å². The average molecular weight is 244 g/mol. The minimum Gasteiger partial charge on any atom is -0.299 e. The van der Waals surface area contributed by atoms with E-state index in [9.17, 15) is 9.59 Å². The average Bonchev–Trinajstić information content (AvgIpc) is 2.62. The molecule has 0 radical (unpaired) electrons. The number of aromatic nitrogens is 2. The summed E-state index contributed by atoms with van der Waals surface area (Å²) in [6.07, 6.45) is 0.866. The summed E-state index contributed by atoms with van der Waals surface area (Å²) in [5, 5.41) is 2.84. The molecule has 0 atom stereocenters. The highest BCUT2D eigenvalue weighted by Crippen LogP contribution is 2.12. The van der Waals surface area contributed by atoms with Gasteiger partial charge in [-0.2, -0.15) is 0 Å². The Morgan fingerprint density at radius 1 is 1.39 bits per heavy atom. The summed E-state index contributed by atoms with van der Waals surface area (Å²) in [6.45, 7) is 3.77. The molecule has 0 aliphatic heterocycles. The van der Waals surface area contributed by atoms with Crippen molar-refractivity contribution >= 4 is 5.78 Å². The van der Waals surface area contributed by atoms with Crippen molar-refractivity contribution in [2.24, 2.45) is 7.05 Å². The molecule has 2 aromatic rings.